The highest BCUT2D eigenvalue weighted by atomic mass is 79.9. The molecule has 4 heteroatoms. The van der Waals surface area contributed by atoms with Crippen molar-refractivity contribution in [2.24, 2.45) is 0 Å². The van der Waals surface area contributed by atoms with E-state index in [1.165, 1.54) is 0 Å². The van der Waals surface area contributed by atoms with Crippen LogP contribution < -0.4 is 0 Å². The third-order valence-corrected chi connectivity index (χ3v) is 4.75. The largest absolute Gasteiger partial charge is 0.318 e. The number of aromatic nitrogens is 1. The predicted molar refractivity (Wildman–Crippen MR) is 108 cm³/mol. The second-order valence-corrected chi connectivity index (χ2v) is 6.92. The van der Waals surface area contributed by atoms with Gasteiger partial charge in [0, 0.05) is 21.5 Å². The Kier molecular flexibility index (Phi) is 5.07. The highest BCUT2D eigenvalue weighted by molar-refractivity contribution is 9.10. The van der Waals surface area contributed by atoms with Crippen LogP contribution in [0.25, 0.3) is 17.3 Å². The lowest BCUT2D eigenvalue weighted by Gasteiger charge is -2.10. The number of aryl methyl sites for hydroxylation is 1. The van der Waals surface area contributed by atoms with Gasteiger partial charge in [-0.05, 0) is 67.4 Å². The monoisotopic (exact) mass is 401 g/mol. The minimum atomic E-state index is 0.539. The smallest absolute Gasteiger partial charge is 0.0998 e. The van der Waals surface area contributed by atoms with Crippen LogP contribution in [0.3, 0.4) is 0 Å². The van der Waals surface area contributed by atoms with Crippen LogP contribution >= 0.6 is 15.9 Å². The van der Waals surface area contributed by atoms with Gasteiger partial charge in [0.15, 0.2) is 0 Å². The number of allylic oxidation sites excluding steroid dienone is 1. The molecule has 0 unspecified atom stereocenters. The summed E-state index contributed by atoms with van der Waals surface area (Å²) in [5, 5.41) is 18.7. The Balaban J connectivity index is 2.10. The summed E-state index contributed by atoms with van der Waals surface area (Å²) in [6.45, 7) is 4.09. The second kappa shape index (κ2) is 7.44. The van der Waals surface area contributed by atoms with Crippen molar-refractivity contribution in [3.63, 3.8) is 0 Å². The van der Waals surface area contributed by atoms with Crippen molar-refractivity contribution in [1.29, 1.82) is 10.5 Å². The molecule has 3 aromatic rings. The molecule has 0 saturated carbocycles. The molecule has 1 heterocycles. The van der Waals surface area contributed by atoms with Gasteiger partial charge in [-0.2, -0.15) is 10.5 Å². The van der Waals surface area contributed by atoms with Crippen molar-refractivity contribution in [3.8, 4) is 17.8 Å². The number of halogens is 1. The van der Waals surface area contributed by atoms with E-state index in [1.807, 2.05) is 38.1 Å². The molecule has 0 bridgehead atoms. The lowest BCUT2D eigenvalue weighted by Crippen LogP contribution is -1.98. The molecular weight excluding hydrogens is 386 g/mol. The van der Waals surface area contributed by atoms with Crippen LogP contribution in [0, 0.1) is 36.5 Å². The van der Waals surface area contributed by atoms with Gasteiger partial charge in [-0.3, -0.25) is 0 Å². The van der Waals surface area contributed by atoms with Crippen molar-refractivity contribution in [2.75, 3.05) is 0 Å². The molecule has 126 valence electrons. The molecule has 0 amide bonds. The summed E-state index contributed by atoms with van der Waals surface area (Å²) in [5.74, 6) is 0. The molecule has 0 aliphatic heterocycles. The Morgan fingerprint density at radius 1 is 1.04 bits per heavy atom. The second-order valence-electron chi connectivity index (χ2n) is 6.00. The summed E-state index contributed by atoms with van der Waals surface area (Å²) in [7, 11) is 0. The predicted octanol–water partition coefficient (Wildman–Crippen LogP) is 5.79. The highest BCUT2D eigenvalue weighted by Gasteiger charge is 2.11. The van der Waals surface area contributed by atoms with Crippen molar-refractivity contribution >= 4 is 27.6 Å². The van der Waals surface area contributed by atoms with Gasteiger partial charge in [0.2, 0.25) is 0 Å². The SMILES string of the molecule is Cc1cc(C=C(C#N)c2cccc(C#N)c2)c(C)n1-c1cccc(Br)c1. The first-order valence-corrected chi connectivity index (χ1v) is 8.90. The third-order valence-electron chi connectivity index (χ3n) is 4.26. The van der Waals surface area contributed by atoms with Gasteiger partial charge in [0.05, 0.1) is 23.3 Å². The molecule has 26 heavy (non-hydrogen) atoms. The van der Waals surface area contributed by atoms with Crippen LogP contribution in [0.2, 0.25) is 0 Å². The fraction of sp³-hybridized carbons (Fsp3) is 0.0909. The van der Waals surface area contributed by atoms with Crippen LogP contribution in [0.15, 0.2) is 59.1 Å². The van der Waals surface area contributed by atoms with Crippen LogP contribution in [-0.4, -0.2) is 4.57 Å². The average molecular weight is 402 g/mol. The van der Waals surface area contributed by atoms with Crippen LogP contribution in [0.4, 0.5) is 0 Å². The molecule has 0 saturated heterocycles. The maximum atomic E-state index is 9.61. The Bertz CT molecular complexity index is 1090. The highest BCUT2D eigenvalue weighted by Crippen LogP contribution is 2.26. The summed E-state index contributed by atoms with van der Waals surface area (Å²) < 4.78 is 3.18. The summed E-state index contributed by atoms with van der Waals surface area (Å²) >= 11 is 3.52. The van der Waals surface area contributed by atoms with Crippen LogP contribution in [0.5, 0.6) is 0 Å². The van der Waals surface area contributed by atoms with Crippen LogP contribution in [0.1, 0.15) is 28.1 Å². The van der Waals surface area contributed by atoms with E-state index in [-0.39, 0.29) is 0 Å². The Labute approximate surface area is 161 Å². The summed E-state index contributed by atoms with van der Waals surface area (Å²) in [6, 6.07) is 21.7. The summed E-state index contributed by atoms with van der Waals surface area (Å²) in [6.07, 6.45) is 1.88. The molecule has 0 aliphatic rings. The normalized spacial score (nSPS) is 11.0. The molecule has 2 aromatic carbocycles. The van der Waals surface area contributed by atoms with E-state index in [0.717, 1.165) is 32.7 Å². The molecule has 0 aliphatic carbocycles. The maximum Gasteiger partial charge on any atom is 0.0998 e. The number of hydrogen-bond acceptors (Lipinski definition) is 2. The Morgan fingerprint density at radius 2 is 1.81 bits per heavy atom. The standard InChI is InChI=1S/C22H16BrN3/c1-15-9-19(16(2)26(15)22-8-4-7-21(23)12-22)11-20(14-25)18-6-3-5-17(10-18)13-24/h3-12H,1-2H3. The fourth-order valence-corrected chi connectivity index (χ4v) is 3.43. The van der Waals surface area contributed by atoms with Gasteiger partial charge in [-0.15, -0.1) is 0 Å². The number of nitriles is 2. The zero-order chi connectivity index (χ0) is 18.7. The molecule has 0 N–H and O–H groups in total. The van der Waals surface area contributed by atoms with Crippen molar-refractivity contribution in [1.82, 2.24) is 4.57 Å². The van der Waals surface area contributed by atoms with Gasteiger partial charge in [0.25, 0.3) is 0 Å². The summed E-state index contributed by atoms with van der Waals surface area (Å²) in [5.41, 5.74) is 6.04. The fourth-order valence-electron chi connectivity index (χ4n) is 3.04. The van der Waals surface area contributed by atoms with E-state index in [9.17, 15) is 5.26 Å². The third kappa shape index (κ3) is 3.47. The topological polar surface area (TPSA) is 52.5 Å². The first-order chi connectivity index (χ1) is 12.5. The summed E-state index contributed by atoms with van der Waals surface area (Å²) in [4.78, 5) is 0. The number of benzene rings is 2. The quantitative estimate of drug-likeness (QED) is 0.521. The van der Waals surface area contributed by atoms with Gasteiger partial charge < -0.3 is 4.57 Å². The average Bonchev–Trinajstić information content (AvgIpc) is 2.93. The number of rotatable bonds is 3. The first-order valence-electron chi connectivity index (χ1n) is 8.10. The van der Waals surface area contributed by atoms with E-state index in [0.29, 0.717) is 11.1 Å². The molecule has 0 atom stereocenters. The maximum absolute atomic E-state index is 9.61. The first kappa shape index (κ1) is 17.7. The lowest BCUT2D eigenvalue weighted by molar-refractivity contribution is 0.963. The van der Waals surface area contributed by atoms with E-state index < -0.39 is 0 Å². The molecule has 0 radical (unpaired) electrons. The Hall–Kier alpha value is -3.08. The van der Waals surface area contributed by atoms with Crippen molar-refractivity contribution in [3.05, 3.63) is 87.1 Å². The number of nitrogens with zero attached hydrogens (tertiary/aromatic N) is 3. The van der Waals surface area contributed by atoms with E-state index >= 15 is 0 Å². The molecule has 0 fully saturated rings. The molecule has 3 nitrogen and oxygen atoms in total. The molecular formula is C22H16BrN3. The molecule has 3 rings (SSSR count). The zero-order valence-corrected chi connectivity index (χ0v) is 16.1. The minimum Gasteiger partial charge on any atom is -0.318 e. The van der Waals surface area contributed by atoms with E-state index in [1.54, 1.807) is 18.2 Å². The van der Waals surface area contributed by atoms with Gasteiger partial charge in [-0.1, -0.05) is 34.1 Å². The number of hydrogen-bond donors (Lipinski definition) is 0. The van der Waals surface area contributed by atoms with E-state index in [2.05, 4.69) is 50.8 Å². The van der Waals surface area contributed by atoms with Gasteiger partial charge in [-0.25, -0.2) is 0 Å². The van der Waals surface area contributed by atoms with Gasteiger partial charge >= 0.3 is 0 Å². The minimum absolute atomic E-state index is 0.539. The van der Waals surface area contributed by atoms with Crippen molar-refractivity contribution in [2.45, 2.75) is 13.8 Å². The molecule has 1 aromatic heterocycles. The lowest BCUT2D eigenvalue weighted by atomic mass is 10.0. The van der Waals surface area contributed by atoms with E-state index in [4.69, 9.17) is 5.26 Å². The zero-order valence-electron chi connectivity index (χ0n) is 14.5. The Morgan fingerprint density at radius 3 is 2.50 bits per heavy atom. The van der Waals surface area contributed by atoms with Crippen molar-refractivity contribution < 1.29 is 0 Å². The van der Waals surface area contributed by atoms with Crippen LogP contribution in [-0.2, 0) is 0 Å². The molecule has 0 spiro atoms. The van der Waals surface area contributed by atoms with Gasteiger partial charge in [0.1, 0.15) is 0 Å².